The van der Waals surface area contributed by atoms with Crippen LogP contribution in [0.5, 0.6) is 0 Å². The molecule has 1 aromatic carbocycles. The maximum absolute atomic E-state index is 12.1. The first kappa shape index (κ1) is 14.1. The van der Waals surface area contributed by atoms with Crippen molar-refractivity contribution in [2.45, 2.75) is 26.7 Å². The smallest absolute Gasteiger partial charge is 0.257 e. The van der Waals surface area contributed by atoms with E-state index in [0.717, 1.165) is 47.2 Å². The molecule has 19 heavy (non-hydrogen) atoms. The van der Waals surface area contributed by atoms with Gasteiger partial charge >= 0.3 is 0 Å². The summed E-state index contributed by atoms with van der Waals surface area (Å²) in [4.78, 5) is 14.3. The van der Waals surface area contributed by atoms with Crippen LogP contribution < -0.4 is 5.32 Å². The summed E-state index contributed by atoms with van der Waals surface area (Å²) in [6.07, 6.45) is 4.16. The highest BCUT2D eigenvalue weighted by atomic mass is 79.9. The van der Waals surface area contributed by atoms with Crippen molar-refractivity contribution in [3.63, 3.8) is 0 Å². The van der Waals surface area contributed by atoms with Crippen molar-refractivity contribution >= 4 is 33.1 Å². The number of carbonyl (C=O) groups is 1. The van der Waals surface area contributed by atoms with E-state index in [-0.39, 0.29) is 5.91 Å². The van der Waals surface area contributed by atoms with Gasteiger partial charge in [-0.05, 0) is 31.0 Å². The van der Waals surface area contributed by atoms with Gasteiger partial charge in [0, 0.05) is 35.0 Å². The fourth-order valence-corrected chi connectivity index (χ4v) is 2.65. The second-order valence-corrected chi connectivity index (χ2v) is 5.64. The Labute approximate surface area is 122 Å². The molecule has 0 saturated carbocycles. The Balaban J connectivity index is 2.33. The van der Waals surface area contributed by atoms with Gasteiger partial charge in [-0.25, -0.2) is 0 Å². The molecule has 1 aliphatic heterocycles. The fourth-order valence-electron chi connectivity index (χ4n) is 2.29. The third-order valence-electron chi connectivity index (χ3n) is 3.10. The predicted octanol–water partition coefficient (Wildman–Crippen LogP) is 3.86. The molecule has 0 saturated heterocycles. The lowest BCUT2D eigenvalue weighted by Crippen LogP contribution is -2.20. The average molecular weight is 323 g/mol. The first-order valence-corrected chi connectivity index (χ1v) is 7.52. The number of benzene rings is 1. The van der Waals surface area contributed by atoms with E-state index in [4.69, 9.17) is 0 Å². The van der Waals surface area contributed by atoms with Crippen LogP contribution in [-0.2, 0) is 4.79 Å². The molecule has 1 aromatic rings. The number of amides is 1. The highest BCUT2D eigenvalue weighted by molar-refractivity contribution is 9.10. The molecule has 0 fully saturated rings. The largest absolute Gasteiger partial charge is 0.377 e. The van der Waals surface area contributed by atoms with Gasteiger partial charge in [-0.15, -0.1) is 0 Å². The molecule has 1 aliphatic rings. The standard InChI is InChI=1S/C15H19BrN2O/c1-3-7-18(8-4-2)10-13-12-9-11(16)5-6-14(12)17-15(13)19/h5-6,9-10H,3-4,7-8H2,1-2H3,(H,17,19)/b13-10+. The van der Waals surface area contributed by atoms with Gasteiger partial charge in [0.15, 0.2) is 0 Å². The van der Waals surface area contributed by atoms with Gasteiger partial charge in [-0.1, -0.05) is 29.8 Å². The van der Waals surface area contributed by atoms with E-state index in [1.54, 1.807) is 0 Å². The van der Waals surface area contributed by atoms with E-state index in [1.807, 2.05) is 24.4 Å². The monoisotopic (exact) mass is 322 g/mol. The van der Waals surface area contributed by atoms with Crippen LogP contribution >= 0.6 is 15.9 Å². The number of rotatable bonds is 5. The number of halogens is 1. The van der Waals surface area contributed by atoms with Crippen molar-refractivity contribution < 1.29 is 4.79 Å². The van der Waals surface area contributed by atoms with E-state index in [1.165, 1.54) is 0 Å². The Morgan fingerprint density at radius 1 is 1.26 bits per heavy atom. The molecule has 102 valence electrons. The first-order valence-electron chi connectivity index (χ1n) is 6.72. The molecular formula is C15H19BrN2O. The molecule has 2 rings (SSSR count). The van der Waals surface area contributed by atoms with Crippen molar-refractivity contribution in [1.82, 2.24) is 4.90 Å². The van der Waals surface area contributed by atoms with E-state index in [9.17, 15) is 4.79 Å². The molecule has 0 unspecified atom stereocenters. The van der Waals surface area contributed by atoms with Crippen LogP contribution in [0.1, 0.15) is 32.3 Å². The molecule has 0 aliphatic carbocycles. The Morgan fingerprint density at radius 2 is 1.95 bits per heavy atom. The van der Waals surface area contributed by atoms with Crippen molar-refractivity contribution in [2.24, 2.45) is 0 Å². The molecule has 3 nitrogen and oxygen atoms in total. The lowest BCUT2D eigenvalue weighted by molar-refractivity contribution is -0.110. The summed E-state index contributed by atoms with van der Waals surface area (Å²) in [5.74, 6) is -0.00898. The van der Waals surface area contributed by atoms with Crippen molar-refractivity contribution in [3.05, 3.63) is 34.4 Å². The lowest BCUT2D eigenvalue weighted by atomic mass is 10.1. The van der Waals surface area contributed by atoms with E-state index in [2.05, 4.69) is 40.0 Å². The molecule has 0 atom stereocenters. The minimum atomic E-state index is -0.00898. The number of nitrogens with one attached hydrogen (secondary N) is 1. The normalized spacial score (nSPS) is 15.5. The number of hydrogen-bond donors (Lipinski definition) is 1. The van der Waals surface area contributed by atoms with E-state index < -0.39 is 0 Å². The minimum Gasteiger partial charge on any atom is -0.377 e. The topological polar surface area (TPSA) is 32.3 Å². The number of fused-ring (bicyclic) bond motifs is 1. The van der Waals surface area contributed by atoms with Crippen molar-refractivity contribution in [1.29, 1.82) is 0 Å². The van der Waals surface area contributed by atoms with Gasteiger partial charge in [0.25, 0.3) is 5.91 Å². The van der Waals surface area contributed by atoms with Gasteiger partial charge < -0.3 is 10.2 Å². The van der Waals surface area contributed by atoms with Crippen LogP contribution in [0.4, 0.5) is 5.69 Å². The molecular weight excluding hydrogens is 304 g/mol. The van der Waals surface area contributed by atoms with Crippen LogP contribution in [0.15, 0.2) is 28.9 Å². The Bertz CT molecular complexity index is 505. The second kappa shape index (κ2) is 6.24. The minimum absolute atomic E-state index is 0.00898. The van der Waals surface area contributed by atoms with Gasteiger partial charge in [0.1, 0.15) is 0 Å². The number of hydrogen-bond acceptors (Lipinski definition) is 2. The van der Waals surface area contributed by atoms with Crippen molar-refractivity contribution in [3.8, 4) is 0 Å². The molecule has 0 spiro atoms. The summed E-state index contributed by atoms with van der Waals surface area (Å²) in [6.45, 7) is 6.27. The molecule has 1 heterocycles. The molecule has 0 radical (unpaired) electrons. The zero-order valence-corrected chi connectivity index (χ0v) is 13.0. The molecule has 0 bridgehead atoms. The zero-order chi connectivity index (χ0) is 13.8. The summed E-state index contributed by atoms with van der Waals surface area (Å²) < 4.78 is 0.992. The van der Waals surface area contributed by atoms with Crippen LogP contribution in [0.25, 0.3) is 5.57 Å². The van der Waals surface area contributed by atoms with E-state index in [0.29, 0.717) is 0 Å². The first-order chi connectivity index (χ1) is 9.15. The summed E-state index contributed by atoms with van der Waals surface area (Å²) in [5.41, 5.74) is 2.64. The summed E-state index contributed by atoms with van der Waals surface area (Å²) in [7, 11) is 0. The Kier molecular flexibility index (Phi) is 4.64. The summed E-state index contributed by atoms with van der Waals surface area (Å²) in [5, 5.41) is 2.91. The summed E-state index contributed by atoms with van der Waals surface area (Å²) >= 11 is 3.46. The molecule has 0 aromatic heterocycles. The zero-order valence-electron chi connectivity index (χ0n) is 11.4. The van der Waals surface area contributed by atoms with Gasteiger partial charge in [-0.3, -0.25) is 4.79 Å². The molecule has 4 heteroatoms. The predicted molar refractivity (Wildman–Crippen MR) is 82.9 cm³/mol. The highest BCUT2D eigenvalue weighted by Crippen LogP contribution is 2.34. The van der Waals surface area contributed by atoms with Crippen molar-refractivity contribution in [2.75, 3.05) is 18.4 Å². The van der Waals surface area contributed by atoms with Crippen LogP contribution in [0.2, 0.25) is 0 Å². The third kappa shape index (κ3) is 3.18. The maximum atomic E-state index is 12.1. The van der Waals surface area contributed by atoms with Gasteiger partial charge in [0.05, 0.1) is 5.57 Å². The summed E-state index contributed by atoms with van der Waals surface area (Å²) in [6, 6.07) is 5.87. The number of carbonyl (C=O) groups excluding carboxylic acids is 1. The highest BCUT2D eigenvalue weighted by Gasteiger charge is 2.24. The second-order valence-electron chi connectivity index (χ2n) is 4.72. The molecule has 1 amide bonds. The third-order valence-corrected chi connectivity index (χ3v) is 3.59. The average Bonchev–Trinajstić information content (AvgIpc) is 2.67. The Morgan fingerprint density at radius 3 is 2.58 bits per heavy atom. The van der Waals surface area contributed by atoms with Crippen LogP contribution in [-0.4, -0.2) is 23.9 Å². The number of anilines is 1. The SMILES string of the molecule is CCCN(/C=C1/C(=O)Nc2ccc(Br)cc21)CCC. The van der Waals surface area contributed by atoms with Gasteiger partial charge in [0.2, 0.25) is 0 Å². The fraction of sp³-hybridized carbons (Fsp3) is 0.400. The molecule has 1 N–H and O–H groups in total. The lowest BCUT2D eigenvalue weighted by Gasteiger charge is -2.19. The maximum Gasteiger partial charge on any atom is 0.257 e. The number of nitrogens with zero attached hydrogens (tertiary/aromatic N) is 1. The van der Waals surface area contributed by atoms with Gasteiger partial charge in [-0.2, -0.15) is 0 Å². The van der Waals surface area contributed by atoms with Crippen LogP contribution in [0, 0.1) is 0 Å². The van der Waals surface area contributed by atoms with Crippen LogP contribution in [0.3, 0.4) is 0 Å². The Hall–Kier alpha value is -1.29. The quantitative estimate of drug-likeness (QED) is 0.835. The van der Waals surface area contributed by atoms with E-state index >= 15 is 0 Å².